The van der Waals surface area contributed by atoms with Crippen molar-refractivity contribution in [2.75, 3.05) is 0 Å². The normalized spacial score (nSPS) is 11.9. The number of hydrogen-bond acceptors (Lipinski definition) is 4. The van der Waals surface area contributed by atoms with E-state index in [1.165, 1.54) is 41.1 Å². The summed E-state index contributed by atoms with van der Waals surface area (Å²) in [4.78, 5) is 16.6. The summed E-state index contributed by atoms with van der Waals surface area (Å²) in [5.41, 5.74) is -3.92. The third kappa shape index (κ3) is 4.04. The van der Waals surface area contributed by atoms with E-state index in [9.17, 15) is 27.5 Å². The molecule has 30 heavy (non-hydrogen) atoms. The average molecular weight is 435 g/mol. The number of pyridine rings is 1. The van der Waals surface area contributed by atoms with Crippen molar-refractivity contribution in [3.8, 4) is 11.6 Å². The second kappa shape index (κ2) is 7.52. The predicted octanol–water partition coefficient (Wildman–Crippen LogP) is 4.69. The number of rotatable bonds is 4. The summed E-state index contributed by atoms with van der Waals surface area (Å²) in [7, 11) is 0. The summed E-state index contributed by atoms with van der Waals surface area (Å²) in [6.07, 6.45) is 1.19. The van der Waals surface area contributed by atoms with E-state index in [0.29, 0.717) is 16.5 Å². The van der Waals surface area contributed by atoms with Crippen molar-refractivity contribution in [1.29, 1.82) is 0 Å². The minimum Gasteiger partial charge on any atom is -0.493 e. The second-order valence-electron chi connectivity index (χ2n) is 6.40. The van der Waals surface area contributed by atoms with E-state index in [1.54, 1.807) is 24.3 Å². The number of aromatic hydroxyl groups is 1. The zero-order valence-electron chi connectivity index (χ0n) is 15.1. The fraction of sp³-hybridized carbons (Fsp3) is 0.100. The summed E-state index contributed by atoms with van der Waals surface area (Å²) < 4.78 is 53.4. The van der Waals surface area contributed by atoms with Gasteiger partial charge in [0.1, 0.15) is 0 Å². The van der Waals surface area contributed by atoms with Gasteiger partial charge in [0.2, 0.25) is 11.8 Å². The standard InChI is InChI=1S/C20H13F4N3O2S/c21-17-9-12(15-3-1-2-4-16(15)25-17)10-26-11-18(28)27(19(26)29)13-5-7-14(8-6-13)30-20(22,23)24/h1-9,11,28H,10H2. The molecule has 0 amide bonds. The quantitative estimate of drug-likeness (QED) is 0.287. The molecule has 0 radical (unpaired) electrons. The van der Waals surface area contributed by atoms with Gasteiger partial charge in [0.05, 0.1) is 23.9 Å². The lowest BCUT2D eigenvalue weighted by atomic mass is 10.1. The Hall–Kier alpha value is -3.27. The maximum atomic E-state index is 13.9. The summed E-state index contributed by atoms with van der Waals surface area (Å²) in [5, 5.41) is 10.9. The molecular formula is C20H13F4N3O2S. The van der Waals surface area contributed by atoms with Gasteiger partial charge in [0.15, 0.2) is 0 Å². The lowest BCUT2D eigenvalue weighted by molar-refractivity contribution is -0.0328. The summed E-state index contributed by atoms with van der Waals surface area (Å²) in [6, 6.07) is 13.1. The number of nitrogens with zero attached hydrogens (tertiary/aromatic N) is 3. The molecule has 0 saturated heterocycles. The minimum absolute atomic E-state index is 0.0264. The lowest BCUT2D eigenvalue weighted by Gasteiger charge is -2.08. The van der Waals surface area contributed by atoms with Gasteiger partial charge in [-0.1, -0.05) is 18.2 Å². The van der Waals surface area contributed by atoms with Crippen LogP contribution in [0.5, 0.6) is 5.88 Å². The number of imidazole rings is 1. The van der Waals surface area contributed by atoms with Gasteiger partial charge in [-0.3, -0.25) is 4.57 Å². The van der Waals surface area contributed by atoms with E-state index in [4.69, 9.17) is 0 Å². The van der Waals surface area contributed by atoms with Crippen molar-refractivity contribution < 1.29 is 22.7 Å². The van der Waals surface area contributed by atoms with Crippen molar-refractivity contribution in [2.45, 2.75) is 16.9 Å². The molecule has 0 spiro atoms. The van der Waals surface area contributed by atoms with Crippen LogP contribution in [0.1, 0.15) is 5.56 Å². The predicted molar refractivity (Wildman–Crippen MR) is 104 cm³/mol. The third-order valence-corrected chi connectivity index (χ3v) is 5.12. The van der Waals surface area contributed by atoms with Crippen molar-refractivity contribution in [3.05, 3.63) is 82.8 Å². The molecule has 154 valence electrons. The van der Waals surface area contributed by atoms with E-state index in [1.807, 2.05) is 0 Å². The Morgan fingerprint density at radius 2 is 1.77 bits per heavy atom. The summed E-state index contributed by atoms with van der Waals surface area (Å²) in [6.45, 7) is -0.0264. The monoisotopic (exact) mass is 435 g/mol. The summed E-state index contributed by atoms with van der Waals surface area (Å²) in [5.74, 6) is -1.09. The Morgan fingerprint density at radius 1 is 1.07 bits per heavy atom. The van der Waals surface area contributed by atoms with Gasteiger partial charge in [0.25, 0.3) is 0 Å². The number of para-hydroxylation sites is 1. The van der Waals surface area contributed by atoms with E-state index in [0.717, 1.165) is 4.57 Å². The molecule has 0 aliphatic carbocycles. The maximum Gasteiger partial charge on any atom is 0.446 e. The Kier molecular flexibility index (Phi) is 5.02. The van der Waals surface area contributed by atoms with Crippen molar-refractivity contribution in [3.63, 3.8) is 0 Å². The Bertz CT molecular complexity index is 1280. The second-order valence-corrected chi connectivity index (χ2v) is 7.53. The van der Waals surface area contributed by atoms with Crippen LogP contribution in [0.4, 0.5) is 17.6 Å². The molecule has 1 N–H and O–H groups in total. The molecule has 0 saturated carbocycles. The molecule has 0 aliphatic rings. The third-order valence-electron chi connectivity index (χ3n) is 4.38. The lowest BCUT2D eigenvalue weighted by Crippen LogP contribution is -2.23. The number of hydrogen-bond donors (Lipinski definition) is 1. The number of thioether (sulfide) groups is 1. The molecule has 4 aromatic rings. The number of benzene rings is 2. The first-order valence-electron chi connectivity index (χ1n) is 8.63. The highest BCUT2D eigenvalue weighted by Gasteiger charge is 2.29. The van der Waals surface area contributed by atoms with Gasteiger partial charge in [0, 0.05) is 10.3 Å². The molecule has 5 nitrogen and oxygen atoms in total. The van der Waals surface area contributed by atoms with Crippen molar-refractivity contribution in [2.24, 2.45) is 0 Å². The Labute approximate surface area is 171 Å². The fourth-order valence-corrected chi connectivity index (χ4v) is 3.70. The van der Waals surface area contributed by atoms with Crippen LogP contribution in [0.25, 0.3) is 16.6 Å². The Balaban J connectivity index is 1.69. The van der Waals surface area contributed by atoms with Crippen LogP contribution in [-0.2, 0) is 6.54 Å². The SMILES string of the molecule is O=c1n(Cc2cc(F)nc3ccccc23)cc(O)n1-c1ccc(SC(F)(F)F)cc1. The van der Waals surface area contributed by atoms with Crippen LogP contribution in [0.15, 0.2) is 70.5 Å². The number of fused-ring (bicyclic) bond motifs is 1. The van der Waals surface area contributed by atoms with E-state index < -0.39 is 23.0 Å². The molecule has 0 aliphatic heterocycles. The zero-order chi connectivity index (χ0) is 21.5. The number of halogens is 4. The van der Waals surface area contributed by atoms with Crippen LogP contribution in [-0.4, -0.2) is 24.7 Å². The minimum atomic E-state index is -4.42. The van der Waals surface area contributed by atoms with E-state index in [2.05, 4.69) is 4.98 Å². The van der Waals surface area contributed by atoms with E-state index in [-0.39, 0.29) is 28.9 Å². The highest BCUT2D eigenvalue weighted by Crippen LogP contribution is 2.37. The number of alkyl halides is 3. The molecule has 2 aromatic heterocycles. The van der Waals surface area contributed by atoms with Crippen molar-refractivity contribution >= 4 is 22.7 Å². The molecule has 2 heterocycles. The Morgan fingerprint density at radius 3 is 2.47 bits per heavy atom. The molecule has 0 fully saturated rings. The van der Waals surface area contributed by atoms with Gasteiger partial charge in [-0.05, 0) is 53.7 Å². The van der Waals surface area contributed by atoms with Gasteiger partial charge < -0.3 is 5.11 Å². The molecule has 2 aromatic carbocycles. The summed E-state index contributed by atoms with van der Waals surface area (Å²) >= 11 is -0.274. The first-order chi connectivity index (χ1) is 14.2. The molecule has 0 atom stereocenters. The largest absolute Gasteiger partial charge is 0.493 e. The maximum absolute atomic E-state index is 13.9. The fourth-order valence-electron chi connectivity index (χ4n) is 3.16. The highest BCUT2D eigenvalue weighted by molar-refractivity contribution is 8.00. The van der Waals surface area contributed by atoms with Gasteiger partial charge in [-0.2, -0.15) is 17.6 Å². The molecule has 10 heteroatoms. The van der Waals surface area contributed by atoms with Gasteiger partial charge in [-0.25, -0.2) is 14.3 Å². The molecular weight excluding hydrogens is 422 g/mol. The molecule has 4 rings (SSSR count). The van der Waals surface area contributed by atoms with Gasteiger partial charge in [-0.15, -0.1) is 0 Å². The van der Waals surface area contributed by atoms with Crippen LogP contribution < -0.4 is 5.69 Å². The average Bonchev–Trinajstić information content (AvgIpc) is 2.94. The first kappa shape index (κ1) is 20.0. The van der Waals surface area contributed by atoms with Crippen LogP contribution >= 0.6 is 11.8 Å². The van der Waals surface area contributed by atoms with Crippen LogP contribution in [0, 0.1) is 5.95 Å². The highest BCUT2D eigenvalue weighted by atomic mass is 32.2. The smallest absolute Gasteiger partial charge is 0.446 e. The zero-order valence-corrected chi connectivity index (χ0v) is 15.9. The van der Waals surface area contributed by atoms with Crippen LogP contribution in [0.2, 0.25) is 0 Å². The van der Waals surface area contributed by atoms with Crippen LogP contribution in [0.3, 0.4) is 0 Å². The molecule has 0 bridgehead atoms. The molecule has 0 unspecified atom stereocenters. The number of aromatic nitrogens is 3. The topological polar surface area (TPSA) is 60.1 Å². The van der Waals surface area contributed by atoms with Gasteiger partial charge >= 0.3 is 11.2 Å². The van der Waals surface area contributed by atoms with Crippen molar-refractivity contribution in [1.82, 2.24) is 14.1 Å². The van der Waals surface area contributed by atoms with E-state index >= 15 is 0 Å². The first-order valence-corrected chi connectivity index (χ1v) is 9.44.